The van der Waals surface area contributed by atoms with Crippen LogP contribution in [0, 0.1) is 28.6 Å². The molecule has 1 aromatic heterocycles. The van der Waals surface area contributed by atoms with Gasteiger partial charge in [-0.15, -0.1) is 0 Å². The molecule has 1 spiro atoms. The summed E-state index contributed by atoms with van der Waals surface area (Å²) in [5.41, 5.74) is 1.34. The SMILES string of the molecule is CC12C(CCC34CC(CCC31)C(O)(CO)C4)c1ccoc1[C@H]1CC12. The molecule has 3 heteroatoms. The maximum atomic E-state index is 11.0. The number of furan rings is 1. The molecule has 8 atom stereocenters. The lowest BCUT2D eigenvalue weighted by Crippen LogP contribution is -2.51. The second kappa shape index (κ2) is 4.12. The summed E-state index contributed by atoms with van der Waals surface area (Å²) >= 11 is 0. The quantitative estimate of drug-likeness (QED) is 0.824. The van der Waals surface area contributed by atoms with Gasteiger partial charge in [0.15, 0.2) is 0 Å². The van der Waals surface area contributed by atoms with Crippen molar-refractivity contribution < 1.29 is 14.6 Å². The summed E-state index contributed by atoms with van der Waals surface area (Å²) in [6.07, 6.45) is 9.99. The molecule has 4 saturated carbocycles. The lowest BCUT2D eigenvalue weighted by Gasteiger charge is -2.59. The molecule has 24 heavy (non-hydrogen) atoms. The third kappa shape index (κ3) is 1.41. The minimum atomic E-state index is -0.809. The van der Waals surface area contributed by atoms with Gasteiger partial charge in [-0.25, -0.2) is 0 Å². The summed E-state index contributed by atoms with van der Waals surface area (Å²) in [5, 5.41) is 20.9. The highest BCUT2D eigenvalue weighted by Gasteiger charge is 2.71. The Balaban J connectivity index is 1.46. The van der Waals surface area contributed by atoms with Crippen molar-refractivity contribution in [2.75, 3.05) is 6.61 Å². The monoisotopic (exact) mass is 328 g/mol. The molecule has 0 radical (unpaired) electrons. The third-order valence-corrected chi connectivity index (χ3v) is 9.35. The van der Waals surface area contributed by atoms with Gasteiger partial charge in [-0.2, -0.15) is 0 Å². The molecule has 4 fully saturated rings. The first-order chi connectivity index (χ1) is 11.5. The largest absolute Gasteiger partial charge is 0.469 e. The Morgan fingerprint density at radius 1 is 1.29 bits per heavy atom. The summed E-state index contributed by atoms with van der Waals surface area (Å²) in [4.78, 5) is 0. The van der Waals surface area contributed by atoms with Gasteiger partial charge in [-0.05, 0) is 91.1 Å². The summed E-state index contributed by atoms with van der Waals surface area (Å²) < 4.78 is 5.88. The average molecular weight is 328 g/mol. The first-order valence-electron chi connectivity index (χ1n) is 9.92. The van der Waals surface area contributed by atoms with Gasteiger partial charge in [0.1, 0.15) is 5.76 Å². The Labute approximate surface area is 143 Å². The smallest absolute Gasteiger partial charge is 0.110 e. The number of aliphatic hydroxyl groups excluding tert-OH is 1. The van der Waals surface area contributed by atoms with Crippen LogP contribution in [0.2, 0.25) is 0 Å². The fraction of sp³-hybridized carbons (Fsp3) is 0.810. The van der Waals surface area contributed by atoms with E-state index in [1.54, 1.807) is 0 Å². The summed E-state index contributed by atoms with van der Waals surface area (Å²) in [6, 6.07) is 2.25. The van der Waals surface area contributed by atoms with E-state index in [-0.39, 0.29) is 12.0 Å². The van der Waals surface area contributed by atoms with Gasteiger partial charge in [-0.3, -0.25) is 0 Å². The Hall–Kier alpha value is -0.800. The third-order valence-electron chi connectivity index (χ3n) is 9.35. The van der Waals surface area contributed by atoms with Crippen molar-refractivity contribution in [2.24, 2.45) is 28.6 Å². The fourth-order valence-electron chi connectivity index (χ4n) is 8.42. The number of fused-ring (bicyclic) bond motifs is 8. The molecule has 1 aromatic rings. The topological polar surface area (TPSA) is 53.6 Å². The average Bonchev–Trinajstić information content (AvgIpc) is 3.19. The minimum absolute atomic E-state index is 0.0514. The Morgan fingerprint density at radius 2 is 2.17 bits per heavy atom. The molecule has 2 N–H and O–H groups in total. The summed E-state index contributed by atoms with van der Waals surface area (Å²) in [7, 11) is 0. The van der Waals surface area contributed by atoms with Crippen molar-refractivity contribution in [3.05, 3.63) is 23.7 Å². The van der Waals surface area contributed by atoms with Crippen LogP contribution in [-0.4, -0.2) is 22.4 Å². The molecule has 6 rings (SSSR count). The van der Waals surface area contributed by atoms with Crippen LogP contribution < -0.4 is 0 Å². The molecule has 0 saturated heterocycles. The van der Waals surface area contributed by atoms with Gasteiger partial charge in [0, 0.05) is 5.92 Å². The van der Waals surface area contributed by atoms with Gasteiger partial charge in [0.2, 0.25) is 0 Å². The molecule has 3 nitrogen and oxygen atoms in total. The van der Waals surface area contributed by atoms with Gasteiger partial charge in [-0.1, -0.05) is 6.92 Å². The summed E-state index contributed by atoms with van der Waals surface area (Å²) in [6.45, 7) is 2.52. The first kappa shape index (κ1) is 14.4. The first-order valence-corrected chi connectivity index (χ1v) is 9.92. The molecule has 5 aliphatic rings. The maximum absolute atomic E-state index is 11.0. The molecule has 5 aliphatic carbocycles. The van der Waals surface area contributed by atoms with E-state index in [9.17, 15) is 10.2 Å². The van der Waals surface area contributed by atoms with Gasteiger partial charge in [0.05, 0.1) is 18.5 Å². The maximum Gasteiger partial charge on any atom is 0.110 e. The highest BCUT2D eigenvalue weighted by molar-refractivity contribution is 5.40. The van der Waals surface area contributed by atoms with Crippen LogP contribution in [0.1, 0.15) is 75.0 Å². The Kier molecular flexibility index (Phi) is 2.47. The van der Waals surface area contributed by atoms with Crippen LogP contribution >= 0.6 is 0 Å². The van der Waals surface area contributed by atoms with E-state index in [4.69, 9.17) is 4.42 Å². The Bertz CT molecular complexity index is 710. The van der Waals surface area contributed by atoms with Gasteiger partial charge >= 0.3 is 0 Å². The molecule has 2 bridgehead atoms. The van der Waals surface area contributed by atoms with Crippen LogP contribution in [0.4, 0.5) is 0 Å². The van der Waals surface area contributed by atoms with Crippen molar-refractivity contribution >= 4 is 0 Å². The second-order valence-electron chi connectivity index (χ2n) is 9.98. The number of rotatable bonds is 1. The normalized spacial score (nSPS) is 56.9. The van der Waals surface area contributed by atoms with Crippen molar-refractivity contribution in [1.29, 1.82) is 0 Å². The molecule has 0 aliphatic heterocycles. The zero-order chi connectivity index (χ0) is 16.3. The zero-order valence-corrected chi connectivity index (χ0v) is 14.5. The molecule has 1 heterocycles. The van der Waals surface area contributed by atoms with Gasteiger partial charge in [0.25, 0.3) is 0 Å². The van der Waals surface area contributed by atoms with E-state index in [1.165, 1.54) is 37.0 Å². The lowest BCUT2D eigenvalue weighted by atomic mass is 9.44. The molecular formula is C21H28O3. The van der Waals surface area contributed by atoms with Crippen molar-refractivity contribution in [3.8, 4) is 0 Å². The highest BCUT2D eigenvalue weighted by Crippen LogP contribution is 2.78. The van der Waals surface area contributed by atoms with E-state index in [1.807, 2.05) is 6.26 Å². The van der Waals surface area contributed by atoms with Crippen LogP contribution in [0.3, 0.4) is 0 Å². The van der Waals surface area contributed by atoms with Gasteiger partial charge < -0.3 is 14.6 Å². The minimum Gasteiger partial charge on any atom is -0.469 e. The fourth-order valence-corrected chi connectivity index (χ4v) is 8.42. The predicted octanol–water partition coefficient (Wildman–Crippen LogP) is 3.81. The van der Waals surface area contributed by atoms with E-state index < -0.39 is 5.60 Å². The van der Waals surface area contributed by atoms with E-state index >= 15 is 0 Å². The summed E-state index contributed by atoms with van der Waals surface area (Å²) in [5.74, 6) is 4.40. The zero-order valence-electron chi connectivity index (χ0n) is 14.5. The van der Waals surface area contributed by atoms with Crippen LogP contribution in [0.5, 0.6) is 0 Å². The lowest BCUT2D eigenvalue weighted by molar-refractivity contribution is -0.0804. The van der Waals surface area contributed by atoms with E-state index in [0.29, 0.717) is 29.1 Å². The predicted molar refractivity (Wildman–Crippen MR) is 89.6 cm³/mol. The molecule has 0 amide bonds. The standard InChI is InChI=1S/C21H28O3/c1-19-15(13-5-7-24-18(13)14-8-16(14)19)4-6-20-9-12(2-3-17(19)20)21(23,10-20)11-22/h5,7,12,14-17,22-23H,2-4,6,8-11H2,1H3/t12?,14-,15?,16?,17?,19?,20?,21?/m0/s1. The molecular weight excluding hydrogens is 300 g/mol. The second-order valence-corrected chi connectivity index (χ2v) is 9.98. The van der Waals surface area contributed by atoms with E-state index in [0.717, 1.165) is 25.2 Å². The highest BCUT2D eigenvalue weighted by atomic mass is 16.3. The van der Waals surface area contributed by atoms with Crippen LogP contribution in [0.25, 0.3) is 0 Å². The Morgan fingerprint density at radius 3 is 3.00 bits per heavy atom. The molecule has 130 valence electrons. The number of hydrogen-bond donors (Lipinski definition) is 2. The molecule has 0 aromatic carbocycles. The van der Waals surface area contributed by atoms with Crippen molar-refractivity contribution in [2.45, 2.75) is 69.3 Å². The van der Waals surface area contributed by atoms with Crippen LogP contribution in [0.15, 0.2) is 16.7 Å². The van der Waals surface area contributed by atoms with E-state index in [2.05, 4.69) is 13.0 Å². The van der Waals surface area contributed by atoms with Crippen molar-refractivity contribution in [1.82, 2.24) is 0 Å². The van der Waals surface area contributed by atoms with Crippen molar-refractivity contribution in [3.63, 3.8) is 0 Å². The number of hydrogen-bond acceptors (Lipinski definition) is 3. The molecule has 7 unspecified atom stereocenters. The number of aliphatic hydroxyl groups is 2. The van der Waals surface area contributed by atoms with Crippen LogP contribution in [-0.2, 0) is 0 Å².